The van der Waals surface area contributed by atoms with E-state index in [0.29, 0.717) is 21.2 Å². The van der Waals surface area contributed by atoms with Crippen molar-refractivity contribution < 1.29 is 9.53 Å². The minimum absolute atomic E-state index is 0.0450. The van der Waals surface area contributed by atoms with Crippen LogP contribution in [0.5, 0.6) is 0 Å². The van der Waals surface area contributed by atoms with E-state index in [2.05, 4.69) is 4.98 Å². The second-order valence-corrected chi connectivity index (χ2v) is 8.52. The number of benzene rings is 2. The Morgan fingerprint density at radius 2 is 1.90 bits per heavy atom. The molecule has 0 aliphatic heterocycles. The number of carbonyl (C=O) groups is 1. The van der Waals surface area contributed by atoms with Gasteiger partial charge in [-0.2, -0.15) is 0 Å². The first-order valence-electron chi connectivity index (χ1n) is 8.69. The van der Waals surface area contributed by atoms with Crippen molar-refractivity contribution in [2.24, 2.45) is 0 Å². The van der Waals surface area contributed by atoms with Crippen LogP contribution in [-0.2, 0) is 17.1 Å². The number of hydrogen-bond acceptors (Lipinski definition) is 6. The summed E-state index contributed by atoms with van der Waals surface area (Å²) in [5, 5.41) is 2.50. The van der Waals surface area contributed by atoms with Gasteiger partial charge in [-0.1, -0.05) is 23.7 Å². The van der Waals surface area contributed by atoms with Crippen molar-refractivity contribution in [2.45, 2.75) is 17.3 Å². The molecule has 8 heteroatoms. The van der Waals surface area contributed by atoms with Gasteiger partial charge in [0.05, 0.1) is 11.3 Å². The fourth-order valence-electron chi connectivity index (χ4n) is 2.62. The van der Waals surface area contributed by atoms with E-state index in [-0.39, 0.29) is 12.2 Å². The zero-order chi connectivity index (χ0) is 20.2. The van der Waals surface area contributed by atoms with Crippen molar-refractivity contribution >= 4 is 45.6 Å². The third kappa shape index (κ3) is 4.87. The molecule has 2 aromatic carbocycles. The highest BCUT2D eigenvalue weighted by molar-refractivity contribution is 7.98. The summed E-state index contributed by atoms with van der Waals surface area (Å²) in [6.45, 7) is -0.0450. The number of nitrogens with zero attached hydrogens (tertiary/aromatic N) is 2. The number of carbonyl (C=O) groups excluding carboxylic acids is 1. The average molecular weight is 443 g/mol. The molecule has 146 valence electrons. The Hall–Kier alpha value is -2.61. The second-order valence-electron chi connectivity index (χ2n) is 6.16. The summed E-state index contributed by atoms with van der Waals surface area (Å²) < 4.78 is 6.77. The van der Waals surface area contributed by atoms with Gasteiger partial charge in [0.15, 0.2) is 4.96 Å². The summed E-state index contributed by atoms with van der Waals surface area (Å²) >= 11 is 8.94. The predicted octanol–water partition coefficient (Wildman–Crippen LogP) is 5.06. The van der Waals surface area contributed by atoms with E-state index in [1.165, 1.54) is 21.8 Å². The van der Waals surface area contributed by atoms with Crippen molar-refractivity contribution in [3.63, 3.8) is 0 Å². The Bertz CT molecular complexity index is 1200. The van der Waals surface area contributed by atoms with Gasteiger partial charge < -0.3 is 4.74 Å². The topological polar surface area (TPSA) is 60.7 Å². The van der Waals surface area contributed by atoms with Gasteiger partial charge in [0.1, 0.15) is 6.61 Å². The highest BCUT2D eigenvalue weighted by atomic mass is 35.5. The summed E-state index contributed by atoms with van der Waals surface area (Å²) in [6, 6.07) is 16.4. The van der Waals surface area contributed by atoms with Gasteiger partial charge in [-0.25, -0.2) is 9.78 Å². The number of ether oxygens (including phenoxy) is 1. The molecule has 29 heavy (non-hydrogen) atoms. The molecule has 0 radical (unpaired) electrons. The molecule has 2 aromatic heterocycles. The molecule has 0 N–H and O–H groups in total. The lowest BCUT2D eigenvalue weighted by Gasteiger charge is -2.06. The minimum Gasteiger partial charge on any atom is -0.456 e. The molecule has 2 heterocycles. The molecule has 4 aromatic rings. The largest absolute Gasteiger partial charge is 0.456 e. The Morgan fingerprint density at radius 1 is 1.14 bits per heavy atom. The van der Waals surface area contributed by atoms with E-state index in [1.54, 1.807) is 35.5 Å². The fourth-order valence-corrected chi connectivity index (χ4v) is 4.34. The Morgan fingerprint density at radius 3 is 2.66 bits per heavy atom. The van der Waals surface area contributed by atoms with Gasteiger partial charge >= 0.3 is 5.97 Å². The Balaban J connectivity index is 1.34. The first-order valence-corrected chi connectivity index (χ1v) is 10.9. The molecule has 0 spiro atoms. The van der Waals surface area contributed by atoms with Crippen molar-refractivity contribution in [1.82, 2.24) is 9.38 Å². The third-order valence-corrected chi connectivity index (χ3v) is 6.21. The molecule has 0 amide bonds. The molecule has 4 rings (SSSR count). The number of aromatic nitrogens is 2. The predicted molar refractivity (Wildman–Crippen MR) is 116 cm³/mol. The summed E-state index contributed by atoms with van der Waals surface area (Å²) in [5.74, 6) is 0.334. The van der Waals surface area contributed by atoms with Gasteiger partial charge in [-0.3, -0.25) is 9.20 Å². The van der Waals surface area contributed by atoms with Gasteiger partial charge in [0.2, 0.25) is 0 Å². The van der Waals surface area contributed by atoms with E-state index >= 15 is 0 Å². The number of halogens is 1. The van der Waals surface area contributed by atoms with Gasteiger partial charge in [0, 0.05) is 33.3 Å². The van der Waals surface area contributed by atoms with Crippen LogP contribution in [0.15, 0.2) is 75.9 Å². The fraction of sp³-hybridized carbons (Fsp3) is 0.0952. The molecule has 0 unspecified atom stereocenters. The van der Waals surface area contributed by atoms with Crippen molar-refractivity contribution in [3.05, 3.63) is 98.4 Å². The minimum atomic E-state index is -0.449. The lowest BCUT2D eigenvalue weighted by molar-refractivity contribution is 0.0468. The number of hydrogen-bond donors (Lipinski definition) is 0. The van der Waals surface area contributed by atoms with Gasteiger partial charge in [-0.05, 0) is 42.0 Å². The van der Waals surface area contributed by atoms with E-state index < -0.39 is 5.97 Å². The molecule has 0 bridgehead atoms. The highest BCUT2D eigenvalue weighted by Crippen LogP contribution is 2.24. The van der Waals surface area contributed by atoms with Crippen molar-refractivity contribution in [2.75, 3.05) is 0 Å². The number of fused-ring (bicyclic) bond motifs is 1. The van der Waals surface area contributed by atoms with Crippen molar-refractivity contribution in [3.8, 4) is 0 Å². The summed E-state index contributed by atoms with van der Waals surface area (Å²) in [6.07, 6.45) is 1.66. The first-order chi connectivity index (χ1) is 14.1. The smallest absolute Gasteiger partial charge is 0.338 e. The van der Waals surface area contributed by atoms with Crippen molar-refractivity contribution in [1.29, 1.82) is 0 Å². The third-order valence-electron chi connectivity index (χ3n) is 4.12. The van der Waals surface area contributed by atoms with Gasteiger partial charge in [0.25, 0.3) is 5.56 Å². The molecule has 0 fully saturated rings. The highest BCUT2D eigenvalue weighted by Gasteiger charge is 2.10. The van der Waals surface area contributed by atoms with Crippen LogP contribution in [-0.4, -0.2) is 15.4 Å². The monoisotopic (exact) mass is 442 g/mol. The molecule has 0 atom stereocenters. The van der Waals surface area contributed by atoms with Crippen LogP contribution < -0.4 is 5.56 Å². The lowest BCUT2D eigenvalue weighted by Crippen LogP contribution is -2.14. The van der Waals surface area contributed by atoms with Crippen LogP contribution in [0.4, 0.5) is 0 Å². The quantitative estimate of drug-likeness (QED) is 0.308. The first kappa shape index (κ1) is 19.7. The standard InChI is InChI=1S/C21H15ClN2O3S2/c22-16-5-7-18(8-6-16)29-13-14-1-3-15(4-2-14)20(26)27-12-17-11-19(25)24-9-10-28-21(24)23-17/h1-11H,12-13H2. The normalized spacial score (nSPS) is 10.9. The number of rotatable bonds is 6. The maximum absolute atomic E-state index is 12.3. The summed E-state index contributed by atoms with van der Waals surface area (Å²) in [4.78, 5) is 30.3. The SMILES string of the molecule is O=C(OCc1cc(=O)n2ccsc2n1)c1ccc(CSc2ccc(Cl)cc2)cc1. The van der Waals surface area contributed by atoms with Crippen LogP contribution in [0.2, 0.25) is 5.02 Å². The molecule has 0 aliphatic carbocycles. The maximum atomic E-state index is 12.3. The zero-order valence-corrected chi connectivity index (χ0v) is 17.5. The Kier molecular flexibility index (Phi) is 5.99. The molecule has 0 aliphatic rings. The molecule has 0 saturated carbocycles. The molecule has 5 nitrogen and oxygen atoms in total. The van der Waals surface area contributed by atoms with Crippen LogP contribution in [0, 0.1) is 0 Å². The van der Waals surface area contributed by atoms with Gasteiger partial charge in [-0.15, -0.1) is 23.1 Å². The Labute approximate surface area is 179 Å². The van der Waals surface area contributed by atoms with Crippen LogP contribution in [0.1, 0.15) is 21.6 Å². The van der Waals surface area contributed by atoms with Crippen LogP contribution >= 0.6 is 34.7 Å². The second kappa shape index (κ2) is 8.82. The van der Waals surface area contributed by atoms with E-state index in [1.807, 2.05) is 36.4 Å². The molecular weight excluding hydrogens is 428 g/mol. The number of thiazole rings is 1. The molecule has 0 saturated heterocycles. The zero-order valence-electron chi connectivity index (χ0n) is 15.1. The summed E-state index contributed by atoms with van der Waals surface area (Å²) in [7, 11) is 0. The van der Waals surface area contributed by atoms with Crippen LogP contribution in [0.3, 0.4) is 0 Å². The van der Waals surface area contributed by atoms with E-state index in [4.69, 9.17) is 16.3 Å². The average Bonchev–Trinajstić information content (AvgIpc) is 3.21. The lowest BCUT2D eigenvalue weighted by atomic mass is 10.1. The molecular formula is C21H15ClN2O3S2. The van der Waals surface area contributed by atoms with Crippen LogP contribution in [0.25, 0.3) is 4.96 Å². The maximum Gasteiger partial charge on any atom is 0.338 e. The summed E-state index contributed by atoms with van der Waals surface area (Å²) in [5.41, 5.74) is 1.80. The number of esters is 1. The van der Waals surface area contributed by atoms with E-state index in [0.717, 1.165) is 16.2 Å². The number of thioether (sulfide) groups is 1. The van der Waals surface area contributed by atoms with E-state index in [9.17, 15) is 9.59 Å².